The molecule has 3 aromatic rings. The molecule has 0 saturated carbocycles. The van der Waals surface area contributed by atoms with Crippen LogP contribution in [0, 0.1) is 10.1 Å². The molecular weight excluding hydrogens is 372 g/mol. The number of aromatic amines is 1. The van der Waals surface area contributed by atoms with E-state index in [-0.39, 0.29) is 16.9 Å². The van der Waals surface area contributed by atoms with Gasteiger partial charge in [-0.05, 0) is 23.3 Å². The number of H-pyrrole nitrogens is 1. The molecule has 2 heterocycles. The van der Waals surface area contributed by atoms with E-state index in [1.165, 1.54) is 12.1 Å². The average molecular weight is 390 g/mol. The Hall–Kier alpha value is -4.01. The predicted octanol–water partition coefficient (Wildman–Crippen LogP) is 3.23. The third kappa shape index (κ3) is 4.13. The summed E-state index contributed by atoms with van der Waals surface area (Å²) in [6, 6.07) is 15.9. The van der Waals surface area contributed by atoms with Crippen molar-refractivity contribution < 1.29 is 4.92 Å². The lowest BCUT2D eigenvalue weighted by Gasteiger charge is -2.09. The van der Waals surface area contributed by atoms with Gasteiger partial charge >= 0.3 is 0 Å². The average Bonchev–Trinajstić information content (AvgIpc) is 2.96. The van der Waals surface area contributed by atoms with E-state index in [0.29, 0.717) is 37.0 Å². The van der Waals surface area contributed by atoms with Gasteiger partial charge in [-0.2, -0.15) is 4.98 Å². The van der Waals surface area contributed by atoms with E-state index in [1.54, 1.807) is 12.1 Å². The molecule has 29 heavy (non-hydrogen) atoms. The first-order valence-electron chi connectivity index (χ1n) is 9.08. The summed E-state index contributed by atoms with van der Waals surface area (Å²) in [4.78, 5) is 34.6. The highest BCUT2D eigenvalue weighted by molar-refractivity contribution is 6.03. The quantitative estimate of drug-likeness (QED) is 0.454. The summed E-state index contributed by atoms with van der Waals surface area (Å²) in [7, 11) is 0. The maximum absolute atomic E-state index is 12.6. The molecule has 2 aromatic carbocycles. The molecule has 0 bridgehead atoms. The Kier molecular flexibility index (Phi) is 5.02. The van der Waals surface area contributed by atoms with Gasteiger partial charge in [0.05, 0.1) is 10.6 Å². The first-order valence-corrected chi connectivity index (χ1v) is 9.08. The van der Waals surface area contributed by atoms with Crippen LogP contribution < -0.4 is 16.2 Å². The van der Waals surface area contributed by atoms with E-state index in [1.807, 2.05) is 30.3 Å². The Morgan fingerprint density at radius 3 is 2.59 bits per heavy atom. The largest absolute Gasteiger partial charge is 0.368 e. The fourth-order valence-electron chi connectivity index (χ4n) is 3.03. The molecule has 0 radical (unpaired) electrons. The lowest BCUT2D eigenvalue weighted by Crippen LogP contribution is -2.15. The predicted molar refractivity (Wildman–Crippen MR) is 111 cm³/mol. The monoisotopic (exact) mass is 390 g/mol. The molecule has 0 atom stereocenters. The lowest BCUT2D eigenvalue weighted by molar-refractivity contribution is -0.384. The molecule has 0 fully saturated rings. The molecule has 1 aromatic heterocycles. The Bertz CT molecular complexity index is 1120. The maximum atomic E-state index is 12.6. The molecular formula is C20H18N6O3. The van der Waals surface area contributed by atoms with Crippen molar-refractivity contribution in [1.82, 2.24) is 9.97 Å². The molecule has 0 aliphatic carbocycles. The summed E-state index contributed by atoms with van der Waals surface area (Å²) in [6.45, 7) is 1.07. The molecule has 0 saturated heterocycles. The van der Waals surface area contributed by atoms with E-state index in [0.717, 1.165) is 11.1 Å². The molecule has 4 rings (SSSR count). The van der Waals surface area contributed by atoms with Crippen LogP contribution in [0.2, 0.25) is 0 Å². The Morgan fingerprint density at radius 2 is 1.86 bits per heavy atom. The van der Waals surface area contributed by atoms with Crippen LogP contribution >= 0.6 is 0 Å². The van der Waals surface area contributed by atoms with Crippen LogP contribution in [0.3, 0.4) is 0 Å². The van der Waals surface area contributed by atoms with Crippen molar-refractivity contribution in [3.8, 4) is 0 Å². The Balaban J connectivity index is 1.60. The minimum atomic E-state index is -0.450. The normalized spacial score (nSPS) is 12.9. The van der Waals surface area contributed by atoms with Crippen molar-refractivity contribution in [2.75, 3.05) is 17.2 Å². The maximum Gasteiger partial charge on any atom is 0.280 e. The molecule has 0 unspecified atom stereocenters. The van der Waals surface area contributed by atoms with Crippen molar-refractivity contribution in [3.05, 3.63) is 86.2 Å². The van der Waals surface area contributed by atoms with Gasteiger partial charge in [0.1, 0.15) is 0 Å². The Labute approximate surface area is 165 Å². The van der Waals surface area contributed by atoms with Gasteiger partial charge in [0.2, 0.25) is 5.95 Å². The van der Waals surface area contributed by atoms with Gasteiger partial charge in [-0.3, -0.25) is 19.9 Å². The minimum absolute atomic E-state index is 0.00939. The zero-order chi connectivity index (χ0) is 20.2. The van der Waals surface area contributed by atoms with Crippen LogP contribution in [0.4, 0.5) is 23.1 Å². The number of nitrogens with zero attached hydrogens (tertiary/aromatic N) is 3. The highest BCUT2D eigenvalue weighted by Crippen LogP contribution is 2.24. The van der Waals surface area contributed by atoms with Gasteiger partial charge in [0, 0.05) is 31.6 Å². The number of nitro groups is 1. The molecule has 3 N–H and O–H groups in total. The third-order valence-corrected chi connectivity index (χ3v) is 4.51. The molecule has 9 nitrogen and oxygen atoms in total. The smallest absolute Gasteiger partial charge is 0.280 e. The van der Waals surface area contributed by atoms with Gasteiger partial charge in [0.15, 0.2) is 11.5 Å². The number of hydrogen-bond acceptors (Lipinski definition) is 7. The van der Waals surface area contributed by atoms with E-state index >= 15 is 0 Å². The molecule has 0 spiro atoms. The van der Waals surface area contributed by atoms with Gasteiger partial charge in [-0.15, -0.1) is 0 Å². The van der Waals surface area contributed by atoms with Crippen LogP contribution in [0.1, 0.15) is 17.5 Å². The number of aromatic nitrogens is 2. The number of aliphatic imine (C=N–C) groups is 1. The van der Waals surface area contributed by atoms with E-state index in [2.05, 4.69) is 25.6 Å². The van der Waals surface area contributed by atoms with E-state index in [4.69, 9.17) is 0 Å². The molecule has 0 amide bonds. The SMILES string of the molecule is O=c1[nH]c(NCc2ccccc2)nc2c1N=C(c1ccc([N+](=O)[O-])cc1)CCN2. The topological polar surface area (TPSA) is 125 Å². The second kappa shape index (κ2) is 7.93. The van der Waals surface area contributed by atoms with Crippen molar-refractivity contribution >= 4 is 28.9 Å². The van der Waals surface area contributed by atoms with E-state index in [9.17, 15) is 14.9 Å². The fraction of sp³-hybridized carbons (Fsp3) is 0.150. The summed E-state index contributed by atoms with van der Waals surface area (Å²) >= 11 is 0. The molecule has 146 valence electrons. The number of non-ortho nitro benzene ring substituents is 1. The second-order valence-corrected chi connectivity index (χ2v) is 6.49. The first-order chi connectivity index (χ1) is 14.1. The summed E-state index contributed by atoms with van der Waals surface area (Å²) in [5, 5.41) is 17.1. The summed E-state index contributed by atoms with van der Waals surface area (Å²) in [5.74, 6) is 0.764. The number of benzene rings is 2. The molecule has 1 aliphatic heterocycles. The zero-order valence-electron chi connectivity index (χ0n) is 15.4. The van der Waals surface area contributed by atoms with Crippen LogP contribution in [0.25, 0.3) is 0 Å². The van der Waals surface area contributed by atoms with Crippen LogP contribution in [-0.2, 0) is 6.54 Å². The molecule has 1 aliphatic rings. The van der Waals surface area contributed by atoms with Crippen LogP contribution in [-0.4, -0.2) is 27.1 Å². The summed E-state index contributed by atoms with van der Waals surface area (Å²) in [5.41, 5.74) is 2.31. The highest BCUT2D eigenvalue weighted by atomic mass is 16.6. The number of rotatable bonds is 5. The van der Waals surface area contributed by atoms with Crippen molar-refractivity contribution in [3.63, 3.8) is 0 Å². The van der Waals surface area contributed by atoms with Crippen molar-refractivity contribution in [1.29, 1.82) is 0 Å². The van der Waals surface area contributed by atoms with Gasteiger partial charge in [-0.25, -0.2) is 4.99 Å². The number of nitrogens with one attached hydrogen (secondary N) is 3. The lowest BCUT2D eigenvalue weighted by atomic mass is 10.1. The standard InChI is InChI=1S/C20H18N6O3/c27-19-17-18(24-20(25-19)22-12-13-4-2-1-3-5-13)21-11-10-16(23-17)14-6-8-15(9-7-14)26(28)29/h1-9H,10-12H2,(H3,21,22,24,25,27). The van der Waals surface area contributed by atoms with E-state index < -0.39 is 4.92 Å². The van der Waals surface area contributed by atoms with Crippen LogP contribution in [0.5, 0.6) is 0 Å². The van der Waals surface area contributed by atoms with Gasteiger partial charge in [-0.1, -0.05) is 30.3 Å². The van der Waals surface area contributed by atoms with Gasteiger partial charge < -0.3 is 10.6 Å². The minimum Gasteiger partial charge on any atom is -0.368 e. The molecule has 9 heteroatoms. The fourth-order valence-corrected chi connectivity index (χ4v) is 3.03. The van der Waals surface area contributed by atoms with Crippen molar-refractivity contribution in [2.45, 2.75) is 13.0 Å². The summed E-state index contributed by atoms with van der Waals surface area (Å²) in [6.07, 6.45) is 0.556. The zero-order valence-corrected chi connectivity index (χ0v) is 15.4. The second-order valence-electron chi connectivity index (χ2n) is 6.49. The first kappa shape index (κ1) is 18.4. The van der Waals surface area contributed by atoms with Gasteiger partial charge in [0.25, 0.3) is 11.2 Å². The van der Waals surface area contributed by atoms with Crippen LogP contribution in [0.15, 0.2) is 64.4 Å². The summed E-state index contributed by atoms with van der Waals surface area (Å²) < 4.78 is 0. The number of hydrogen-bond donors (Lipinski definition) is 3. The number of fused-ring (bicyclic) bond motifs is 1. The number of anilines is 2. The Morgan fingerprint density at radius 1 is 1.10 bits per heavy atom. The highest BCUT2D eigenvalue weighted by Gasteiger charge is 2.17. The van der Waals surface area contributed by atoms with Crippen molar-refractivity contribution in [2.24, 2.45) is 4.99 Å². The number of nitro benzene ring substituents is 1. The third-order valence-electron chi connectivity index (χ3n) is 4.51.